The van der Waals surface area contributed by atoms with E-state index in [4.69, 9.17) is 0 Å². The summed E-state index contributed by atoms with van der Waals surface area (Å²) in [6.07, 6.45) is 2.91. The van der Waals surface area contributed by atoms with Crippen molar-refractivity contribution < 1.29 is 9.72 Å². The molecule has 27 heavy (non-hydrogen) atoms. The highest BCUT2D eigenvalue weighted by Crippen LogP contribution is 2.31. The number of amides is 1. The van der Waals surface area contributed by atoms with Gasteiger partial charge in [0.2, 0.25) is 11.7 Å². The van der Waals surface area contributed by atoms with E-state index in [1.165, 1.54) is 5.56 Å². The fourth-order valence-corrected chi connectivity index (χ4v) is 3.39. The van der Waals surface area contributed by atoms with E-state index in [1.54, 1.807) is 19.2 Å². The number of nitrogens with one attached hydrogen (secondary N) is 1. The lowest BCUT2D eigenvalue weighted by Crippen LogP contribution is -2.41. The summed E-state index contributed by atoms with van der Waals surface area (Å²) >= 11 is 0. The lowest BCUT2D eigenvalue weighted by molar-refractivity contribution is -0.384. The second-order valence-electron chi connectivity index (χ2n) is 7.02. The van der Waals surface area contributed by atoms with Gasteiger partial charge in [-0.15, -0.1) is 0 Å². The SMILES string of the molecule is Cc1ccc(CNC(=O)C2CCN(c3nccc(C)c3[N+](=O)[O-])CC2)cc1. The molecule has 2 heterocycles. The number of nitrogens with zero attached hydrogens (tertiary/aromatic N) is 3. The number of aromatic nitrogens is 1. The van der Waals surface area contributed by atoms with Gasteiger partial charge in [0.15, 0.2) is 0 Å². The molecule has 1 amide bonds. The summed E-state index contributed by atoms with van der Waals surface area (Å²) < 4.78 is 0. The number of aryl methyl sites for hydroxylation is 2. The maximum atomic E-state index is 12.5. The third-order valence-electron chi connectivity index (χ3n) is 5.04. The first-order chi connectivity index (χ1) is 13.0. The van der Waals surface area contributed by atoms with Crippen LogP contribution in [-0.4, -0.2) is 28.9 Å². The Morgan fingerprint density at radius 3 is 2.52 bits per heavy atom. The standard InChI is InChI=1S/C20H24N4O3/c1-14-3-5-16(6-4-14)13-22-20(25)17-8-11-23(12-9-17)19-18(24(26)27)15(2)7-10-21-19/h3-7,10,17H,8-9,11-13H2,1-2H3,(H,22,25). The molecule has 0 unspecified atom stereocenters. The maximum absolute atomic E-state index is 12.5. The Labute approximate surface area is 158 Å². The van der Waals surface area contributed by atoms with Crippen LogP contribution >= 0.6 is 0 Å². The minimum Gasteiger partial charge on any atom is -0.352 e. The van der Waals surface area contributed by atoms with E-state index in [9.17, 15) is 14.9 Å². The number of piperidine rings is 1. The fourth-order valence-electron chi connectivity index (χ4n) is 3.39. The average molecular weight is 368 g/mol. The van der Waals surface area contributed by atoms with Crippen LogP contribution in [0.25, 0.3) is 0 Å². The maximum Gasteiger partial charge on any atom is 0.314 e. The van der Waals surface area contributed by atoms with Crippen LogP contribution in [0.2, 0.25) is 0 Å². The minimum absolute atomic E-state index is 0.0435. The predicted octanol–water partition coefficient (Wildman–Crippen LogP) is 3.14. The van der Waals surface area contributed by atoms with Crippen LogP contribution < -0.4 is 10.2 Å². The van der Waals surface area contributed by atoms with Crippen LogP contribution in [0.3, 0.4) is 0 Å². The van der Waals surface area contributed by atoms with E-state index in [1.807, 2.05) is 36.1 Å². The highest BCUT2D eigenvalue weighted by atomic mass is 16.6. The molecule has 0 spiro atoms. The zero-order chi connectivity index (χ0) is 19.4. The topological polar surface area (TPSA) is 88.4 Å². The number of nitro groups is 1. The van der Waals surface area contributed by atoms with Crippen molar-refractivity contribution in [3.8, 4) is 0 Å². The van der Waals surface area contributed by atoms with Crippen LogP contribution in [0.5, 0.6) is 0 Å². The molecule has 0 radical (unpaired) electrons. The summed E-state index contributed by atoms with van der Waals surface area (Å²) in [5.41, 5.74) is 2.92. The molecular weight excluding hydrogens is 344 g/mol. The van der Waals surface area contributed by atoms with E-state index in [0.29, 0.717) is 43.9 Å². The minimum atomic E-state index is -0.377. The molecule has 1 aliphatic heterocycles. The van der Waals surface area contributed by atoms with Gasteiger partial charge >= 0.3 is 5.69 Å². The number of carbonyl (C=O) groups is 1. The highest BCUT2D eigenvalue weighted by molar-refractivity contribution is 5.79. The predicted molar refractivity (Wildman–Crippen MR) is 104 cm³/mol. The molecular formula is C20H24N4O3. The molecule has 1 N–H and O–H groups in total. The van der Waals surface area contributed by atoms with Crippen LogP contribution in [-0.2, 0) is 11.3 Å². The molecule has 1 saturated heterocycles. The van der Waals surface area contributed by atoms with Crippen molar-refractivity contribution in [2.24, 2.45) is 5.92 Å². The van der Waals surface area contributed by atoms with E-state index in [2.05, 4.69) is 10.3 Å². The van der Waals surface area contributed by atoms with Gasteiger partial charge in [-0.25, -0.2) is 4.98 Å². The third-order valence-corrected chi connectivity index (χ3v) is 5.04. The van der Waals surface area contributed by atoms with Crippen molar-refractivity contribution in [1.82, 2.24) is 10.3 Å². The summed E-state index contributed by atoms with van der Waals surface area (Å²) in [5.74, 6) is 0.371. The van der Waals surface area contributed by atoms with Gasteiger partial charge < -0.3 is 10.2 Å². The number of hydrogen-bond donors (Lipinski definition) is 1. The number of rotatable bonds is 5. The molecule has 0 atom stereocenters. The quantitative estimate of drug-likeness (QED) is 0.647. The van der Waals surface area contributed by atoms with Crippen molar-refractivity contribution in [3.05, 3.63) is 63.3 Å². The molecule has 0 aliphatic carbocycles. The summed E-state index contributed by atoms with van der Waals surface area (Å²) in [5, 5.41) is 14.4. The number of carbonyl (C=O) groups excluding carboxylic acids is 1. The number of benzene rings is 1. The van der Waals surface area contributed by atoms with Crippen LogP contribution in [0.15, 0.2) is 36.5 Å². The summed E-state index contributed by atoms with van der Waals surface area (Å²) in [6.45, 7) is 5.43. The number of anilines is 1. The molecule has 2 aromatic rings. The first-order valence-electron chi connectivity index (χ1n) is 9.14. The zero-order valence-corrected chi connectivity index (χ0v) is 15.6. The monoisotopic (exact) mass is 368 g/mol. The Kier molecular flexibility index (Phi) is 5.69. The van der Waals surface area contributed by atoms with Crippen molar-refractivity contribution in [2.75, 3.05) is 18.0 Å². The van der Waals surface area contributed by atoms with Gasteiger partial charge in [0.05, 0.1) is 4.92 Å². The third kappa shape index (κ3) is 4.42. The van der Waals surface area contributed by atoms with Crippen molar-refractivity contribution >= 4 is 17.4 Å². The first-order valence-corrected chi connectivity index (χ1v) is 9.14. The largest absolute Gasteiger partial charge is 0.352 e. The van der Waals surface area contributed by atoms with Gasteiger partial charge in [0.25, 0.3) is 0 Å². The molecule has 1 aliphatic rings. The molecule has 7 nitrogen and oxygen atoms in total. The van der Waals surface area contributed by atoms with E-state index >= 15 is 0 Å². The van der Waals surface area contributed by atoms with Crippen molar-refractivity contribution in [2.45, 2.75) is 33.2 Å². The molecule has 0 saturated carbocycles. The van der Waals surface area contributed by atoms with Gasteiger partial charge in [-0.2, -0.15) is 0 Å². The Balaban J connectivity index is 1.57. The van der Waals surface area contributed by atoms with E-state index in [0.717, 1.165) is 5.56 Å². The van der Waals surface area contributed by atoms with Crippen LogP contribution in [0.1, 0.15) is 29.5 Å². The molecule has 0 bridgehead atoms. The smallest absolute Gasteiger partial charge is 0.314 e. The molecule has 1 aromatic carbocycles. The molecule has 1 fully saturated rings. The van der Waals surface area contributed by atoms with Gasteiger partial charge in [0.1, 0.15) is 0 Å². The Bertz CT molecular complexity index is 828. The Hall–Kier alpha value is -2.96. The first kappa shape index (κ1) is 18.8. The lowest BCUT2D eigenvalue weighted by atomic mass is 9.95. The van der Waals surface area contributed by atoms with Crippen molar-refractivity contribution in [3.63, 3.8) is 0 Å². The summed E-state index contributed by atoms with van der Waals surface area (Å²) in [4.78, 5) is 29.6. The summed E-state index contributed by atoms with van der Waals surface area (Å²) in [6, 6.07) is 9.73. The second-order valence-corrected chi connectivity index (χ2v) is 7.02. The van der Waals surface area contributed by atoms with E-state index < -0.39 is 0 Å². The highest BCUT2D eigenvalue weighted by Gasteiger charge is 2.29. The number of hydrogen-bond acceptors (Lipinski definition) is 5. The zero-order valence-electron chi connectivity index (χ0n) is 15.6. The fraction of sp³-hybridized carbons (Fsp3) is 0.400. The normalized spacial score (nSPS) is 14.8. The van der Waals surface area contributed by atoms with Crippen molar-refractivity contribution in [1.29, 1.82) is 0 Å². The number of pyridine rings is 1. The van der Waals surface area contributed by atoms with Gasteiger partial charge in [0, 0.05) is 37.3 Å². The van der Waals surface area contributed by atoms with Crippen LogP contribution in [0, 0.1) is 29.9 Å². The average Bonchev–Trinajstić information content (AvgIpc) is 2.67. The van der Waals surface area contributed by atoms with Gasteiger partial charge in [-0.05, 0) is 38.3 Å². The van der Waals surface area contributed by atoms with Gasteiger partial charge in [-0.1, -0.05) is 29.8 Å². The Morgan fingerprint density at radius 2 is 1.89 bits per heavy atom. The molecule has 1 aromatic heterocycles. The summed E-state index contributed by atoms with van der Waals surface area (Å²) in [7, 11) is 0. The van der Waals surface area contributed by atoms with Crippen LogP contribution in [0.4, 0.5) is 11.5 Å². The second kappa shape index (κ2) is 8.16. The Morgan fingerprint density at radius 1 is 1.22 bits per heavy atom. The molecule has 7 heteroatoms. The van der Waals surface area contributed by atoms with Gasteiger partial charge in [-0.3, -0.25) is 14.9 Å². The van der Waals surface area contributed by atoms with E-state index in [-0.39, 0.29) is 22.4 Å². The lowest BCUT2D eigenvalue weighted by Gasteiger charge is -2.32. The molecule has 142 valence electrons. The molecule has 3 rings (SSSR count).